The third-order valence-corrected chi connectivity index (χ3v) is 9.57. The van der Waals surface area contributed by atoms with Crippen molar-refractivity contribution in [3.8, 4) is 22.5 Å². The number of aromatic nitrogens is 3. The number of rotatable bonds is 27. The number of carbonyl (C=O) groups excluding carboxylic acids is 4. The second kappa shape index (κ2) is 25.7. The van der Waals surface area contributed by atoms with Crippen molar-refractivity contribution in [2.75, 3.05) is 78.0 Å². The van der Waals surface area contributed by atoms with Crippen LogP contribution in [0.25, 0.3) is 22.5 Å². The van der Waals surface area contributed by atoms with Gasteiger partial charge < -0.3 is 44.5 Å². The summed E-state index contributed by atoms with van der Waals surface area (Å²) in [7, 11) is 1.62. The summed E-state index contributed by atoms with van der Waals surface area (Å²) in [6, 6.07) is 15.4. The molecule has 59 heavy (non-hydrogen) atoms. The maximum atomic E-state index is 13.8. The van der Waals surface area contributed by atoms with Crippen molar-refractivity contribution in [3.63, 3.8) is 0 Å². The van der Waals surface area contributed by atoms with Crippen LogP contribution in [0.2, 0.25) is 0 Å². The number of benzene rings is 2. The first-order chi connectivity index (χ1) is 28.6. The maximum Gasteiger partial charge on any atom is 0.407 e. The number of unbranched alkanes of at least 4 members (excludes halogenated alkanes) is 1. The van der Waals surface area contributed by atoms with Gasteiger partial charge in [0.05, 0.1) is 76.8 Å². The highest BCUT2D eigenvalue weighted by Gasteiger charge is 2.29. The number of hydrogen-bond acceptors (Lipinski definition) is 12. The molecule has 0 saturated carbocycles. The van der Waals surface area contributed by atoms with E-state index in [2.05, 4.69) is 26.3 Å². The number of nitrogens with one attached hydrogen (secondary N) is 3. The molecule has 1 atom stereocenters. The number of methoxy groups -OCH3 is 1. The molecule has 3 aromatic rings. The highest BCUT2D eigenvalue weighted by molar-refractivity contribution is 6.00. The molecule has 3 amide bonds. The normalized spacial score (nSPS) is 12.6. The Kier molecular flexibility index (Phi) is 20.4. The highest BCUT2D eigenvalue weighted by Crippen LogP contribution is 2.41. The summed E-state index contributed by atoms with van der Waals surface area (Å²) in [4.78, 5) is 53.2. The molecule has 2 heterocycles. The molecule has 324 valence electrons. The second-order valence-corrected chi connectivity index (χ2v) is 14.8. The number of ether oxygens (including phenoxy) is 5. The summed E-state index contributed by atoms with van der Waals surface area (Å²) in [5, 5.41) is 18.1. The molecule has 0 saturated heterocycles. The zero-order valence-corrected chi connectivity index (χ0v) is 35.3. The summed E-state index contributed by atoms with van der Waals surface area (Å²) in [5.41, 5.74) is 4.53. The molecule has 0 fully saturated rings. The molecular formula is C43H63N7O9. The molecule has 16 heteroatoms. The lowest BCUT2D eigenvalue weighted by molar-refractivity contribution is -0.124. The van der Waals surface area contributed by atoms with Gasteiger partial charge in [0, 0.05) is 56.1 Å². The third-order valence-electron chi connectivity index (χ3n) is 9.57. The molecule has 0 spiro atoms. The summed E-state index contributed by atoms with van der Waals surface area (Å²) in [6.45, 7) is 12.1. The standard InChI is InChI=1S/C43H63N7O9/c1-31(2)42(53)36(46-32(3)4)15-10-11-19-45-43(54)59-23-21-50-41-34-13-7-6-12-33(34)30-49(37-16-9-8-14-35(37)40(41)47-48-50)39(52)17-20-44-38(51)18-22-56-26-27-58-29-28-57-25-24-55-5/h6-9,12-14,16,31-32,36,46H,10-11,15,17-30H2,1-5H3,(H,44,51)(H,45,54). The number of carbonyl (C=O) groups is 4. The lowest BCUT2D eigenvalue weighted by Gasteiger charge is -2.28. The van der Waals surface area contributed by atoms with E-state index in [1.54, 1.807) is 16.7 Å². The van der Waals surface area contributed by atoms with E-state index in [0.717, 1.165) is 35.2 Å². The number of amides is 3. The zero-order valence-electron chi connectivity index (χ0n) is 35.3. The van der Waals surface area contributed by atoms with Crippen LogP contribution in [-0.4, -0.2) is 124 Å². The molecule has 0 radical (unpaired) electrons. The molecule has 0 bridgehead atoms. The fourth-order valence-corrected chi connectivity index (χ4v) is 6.63. The van der Waals surface area contributed by atoms with Gasteiger partial charge in [-0.15, -0.1) is 5.10 Å². The van der Waals surface area contributed by atoms with E-state index in [0.29, 0.717) is 70.5 Å². The predicted octanol–water partition coefficient (Wildman–Crippen LogP) is 4.54. The minimum atomic E-state index is -0.523. The van der Waals surface area contributed by atoms with Gasteiger partial charge in [0.2, 0.25) is 11.8 Å². The number of alkyl carbamates (subject to hydrolysis) is 1. The Morgan fingerprint density at radius 2 is 1.44 bits per heavy atom. The van der Waals surface area contributed by atoms with Crippen LogP contribution in [0, 0.1) is 5.92 Å². The van der Waals surface area contributed by atoms with Crippen LogP contribution >= 0.6 is 0 Å². The number of fused-ring (bicyclic) bond motifs is 5. The first-order valence-corrected chi connectivity index (χ1v) is 20.7. The van der Waals surface area contributed by atoms with Crippen LogP contribution in [0.4, 0.5) is 10.5 Å². The van der Waals surface area contributed by atoms with E-state index in [9.17, 15) is 19.2 Å². The maximum absolute atomic E-state index is 13.8. The number of hydrogen-bond donors (Lipinski definition) is 3. The topological polar surface area (TPSA) is 184 Å². The highest BCUT2D eigenvalue weighted by atomic mass is 16.6. The van der Waals surface area contributed by atoms with E-state index < -0.39 is 6.09 Å². The number of para-hydroxylation sites is 1. The van der Waals surface area contributed by atoms with Crippen LogP contribution in [0.1, 0.15) is 65.4 Å². The largest absolute Gasteiger partial charge is 0.448 e. The van der Waals surface area contributed by atoms with Crippen molar-refractivity contribution >= 4 is 29.4 Å². The summed E-state index contributed by atoms with van der Waals surface area (Å²) in [6.07, 6.45) is 1.96. The average Bonchev–Trinajstić information content (AvgIpc) is 3.63. The summed E-state index contributed by atoms with van der Waals surface area (Å²) in [5.74, 6) is -0.193. The Labute approximate surface area is 348 Å². The van der Waals surface area contributed by atoms with Crippen LogP contribution in [-0.2, 0) is 51.2 Å². The number of ketones is 1. The van der Waals surface area contributed by atoms with Crippen LogP contribution in [0.5, 0.6) is 0 Å². The van der Waals surface area contributed by atoms with Crippen LogP contribution < -0.4 is 20.9 Å². The molecule has 1 aliphatic rings. The summed E-state index contributed by atoms with van der Waals surface area (Å²) >= 11 is 0. The van der Waals surface area contributed by atoms with E-state index >= 15 is 0 Å². The average molecular weight is 822 g/mol. The van der Waals surface area contributed by atoms with Gasteiger partial charge in [0.15, 0.2) is 5.78 Å². The van der Waals surface area contributed by atoms with Crippen LogP contribution in [0.15, 0.2) is 48.5 Å². The Morgan fingerprint density at radius 3 is 2.15 bits per heavy atom. The molecule has 3 N–H and O–H groups in total. The van der Waals surface area contributed by atoms with Gasteiger partial charge >= 0.3 is 6.09 Å². The van der Waals surface area contributed by atoms with Crippen molar-refractivity contribution in [1.29, 1.82) is 0 Å². The van der Waals surface area contributed by atoms with Crippen molar-refractivity contribution in [1.82, 2.24) is 30.9 Å². The van der Waals surface area contributed by atoms with Crippen molar-refractivity contribution in [2.24, 2.45) is 5.92 Å². The molecule has 16 nitrogen and oxygen atoms in total. The van der Waals surface area contributed by atoms with Crippen molar-refractivity contribution in [3.05, 3.63) is 54.1 Å². The molecular weight excluding hydrogens is 759 g/mol. The monoisotopic (exact) mass is 821 g/mol. The first kappa shape index (κ1) is 46.9. The van der Waals surface area contributed by atoms with E-state index in [4.69, 9.17) is 23.7 Å². The summed E-state index contributed by atoms with van der Waals surface area (Å²) < 4.78 is 28.5. The van der Waals surface area contributed by atoms with Crippen molar-refractivity contribution in [2.45, 2.75) is 85.0 Å². The third kappa shape index (κ3) is 15.4. The molecule has 1 aromatic heterocycles. The predicted molar refractivity (Wildman–Crippen MR) is 224 cm³/mol. The SMILES string of the molecule is COCCOCCOCCOCCC(=O)NCCC(=O)N1Cc2ccccc2-c2c(nnn2CCOC(=O)NCCCCC(NC(C)C)C(=O)C(C)C)-c2ccccc21. The Balaban J connectivity index is 1.27. The molecule has 1 unspecified atom stereocenters. The molecule has 1 aliphatic heterocycles. The number of Topliss-reactive ketones (excluding diaryl/α,β-unsaturated/α-hetero) is 1. The lowest BCUT2D eigenvalue weighted by atomic mass is 9.95. The quantitative estimate of drug-likeness (QED) is 0.0915. The van der Waals surface area contributed by atoms with Crippen LogP contribution in [0.3, 0.4) is 0 Å². The van der Waals surface area contributed by atoms with Gasteiger partial charge in [0.1, 0.15) is 12.3 Å². The minimum Gasteiger partial charge on any atom is -0.448 e. The Hall–Kier alpha value is -4.74. The van der Waals surface area contributed by atoms with Gasteiger partial charge in [-0.3, -0.25) is 14.4 Å². The smallest absolute Gasteiger partial charge is 0.407 e. The Morgan fingerprint density at radius 1 is 0.763 bits per heavy atom. The zero-order chi connectivity index (χ0) is 42.4. The first-order valence-electron chi connectivity index (χ1n) is 20.7. The van der Waals surface area contributed by atoms with Gasteiger partial charge in [0.25, 0.3) is 0 Å². The van der Waals surface area contributed by atoms with Gasteiger partial charge in [-0.2, -0.15) is 0 Å². The number of anilines is 1. The fraction of sp³-hybridized carbons (Fsp3) is 0.581. The van der Waals surface area contributed by atoms with Gasteiger partial charge in [-0.25, -0.2) is 9.48 Å². The molecule has 0 aliphatic carbocycles. The molecule has 4 rings (SSSR count). The van der Waals surface area contributed by atoms with Gasteiger partial charge in [-0.1, -0.05) is 75.4 Å². The van der Waals surface area contributed by atoms with E-state index in [1.807, 2.05) is 76.2 Å². The Bertz CT molecular complexity index is 1770. The lowest BCUT2D eigenvalue weighted by Crippen LogP contribution is -2.42. The van der Waals surface area contributed by atoms with E-state index in [-0.39, 0.29) is 74.7 Å². The second-order valence-electron chi connectivity index (χ2n) is 14.8. The fourth-order valence-electron chi connectivity index (χ4n) is 6.63. The van der Waals surface area contributed by atoms with Gasteiger partial charge in [-0.05, 0) is 30.9 Å². The minimum absolute atomic E-state index is 0.0403. The molecule has 2 aromatic carbocycles. The number of nitrogens with zero attached hydrogens (tertiary/aromatic N) is 4. The van der Waals surface area contributed by atoms with Crippen molar-refractivity contribution < 1.29 is 42.9 Å². The van der Waals surface area contributed by atoms with E-state index in [1.165, 1.54) is 0 Å².